The fourth-order valence-electron chi connectivity index (χ4n) is 4.19. The SMILES string of the molecule is C=C1CC[C@@H](Oc2ccc(C3CC(=O)NS(=O)(=O)C3)cc2)C/C=C\C=C1Oc1ccc(OC)nc1C. The van der Waals surface area contributed by atoms with Crippen LogP contribution in [0.2, 0.25) is 0 Å². The number of carbonyl (C=O) groups excluding carboxylic acids is 1. The highest BCUT2D eigenvalue weighted by atomic mass is 32.2. The topological polar surface area (TPSA) is 104 Å². The Morgan fingerprint density at radius 3 is 2.61 bits per heavy atom. The highest BCUT2D eigenvalue weighted by Gasteiger charge is 2.30. The first-order valence-electron chi connectivity index (χ1n) is 11.8. The number of allylic oxidation sites excluding steroid dienone is 3. The van der Waals surface area contributed by atoms with Gasteiger partial charge in [0.2, 0.25) is 21.8 Å². The van der Waals surface area contributed by atoms with Crippen LogP contribution in [0.3, 0.4) is 0 Å². The summed E-state index contributed by atoms with van der Waals surface area (Å²) in [6.07, 6.45) is 8.10. The molecule has 1 aliphatic carbocycles. The largest absolute Gasteiger partial charge is 0.490 e. The third-order valence-corrected chi connectivity index (χ3v) is 7.50. The number of nitrogens with one attached hydrogen (secondary N) is 1. The second-order valence-electron chi connectivity index (χ2n) is 8.89. The molecule has 0 saturated carbocycles. The third-order valence-electron chi connectivity index (χ3n) is 6.12. The van der Waals surface area contributed by atoms with E-state index in [0.717, 1.165) is 23.3 Å². The number of rotatable bonds is 6. The Morgan fingerprint density at radius 1 is 1.14 bits per heavy atom. The normalized spacial score (nSPS) is 22.8. The Balaban J connectivity index is 1.37. The van der Waals surface area contributed by atoms with Crippen LogP contribution in [0.1, 0.15) is 42.9 Å². The van der Waals surface area contributed by atoms with Crippen molar-refractivity contribution in [1.82, 2.24) is 9.71 Å². The fourth-order valence-corrected chi connectivity index (χ4v) is 5.54. The molecule has 190 valence electrons. The highest BCUT2D eigenvalue weighted by Crippen LogP contribution is 2.29. The zero-order valence-electron chi connectivity index (χ0n) is 20.4. The average Bonchev–Trinajstić information content (AvgIpc) is 2.91. The number of aromatic nitrogens is 1. The lowest BCUT2D eigenvalue weighted by Gasteiger charge is -2.23. The van der Waals surface area contributed by atoms with Gasteiger partial charge in [-0.2, -0.15) is 0 Å². The lowest BCUT2D eigenvalue weighted by Crippen LogP contribution is -2.40. The number of carbonyl (C=O) groups is 1. The van der Waals surface area contributed by atoms with Crippen LogP contribution in [0.15, 0.2) is 72.5 Å². The van der Waals surface area contributed by atoms with Gasteiger partial charge in [-0.15, -0.1) is 0 Å². The summed E-state index contributed by atoms with van der Waals surface area (Å²) < 4.78 is 43.3. The predicted molar refractivity (Wildman–Crippen MR) is 137 cm³/mol. The van der Waals surface area contributed by atoms with Crippen LogP contribution in [0.25, 0.3) is 0 Å². The number of hydrogen-bond acceptors (Lipinski definition) is 7. The number of sulfonamides is 1. The van der Waals surface area contributed by atoms with E-state index in [0.29, 0.717) is 36.0 Å². The first-order chi connectivity index (χ1) is 17.2. The molecule has 1 aliphatic heterocycles. The molecule has 1 unspecified atom stereocenters. The summed E-state index contributed by atoms with van der Waals surface area (Å²) in [6.45, 7) is 6.08. The van der Waals surface area contributed by atoms with Crippen LogP contribution in [0.5, 0.6) is 17.4 Å². The van der Waals surface area contributed by atoms with E-state index in [1.165, 1.54) is 0 Å². The van der Waals surface area contributed by atoms with Crippen LogP contribution in [0, 0.1) is 6.92 Å². The Morgan fingerprint density at radius 2 is 1.92 bits per heavy atom. The molecule has 2 heterocycles. The van der Waals surface area contributed by atoms with Gasteiger partial charge in [-0.1, -0.05) is 30.9 Å². The van der Waals surface area contributed by atoms with Crippen LogP contribution < -0.4 is 18.9 Å². The standard InChI is InChI=1S/C27H30N2O6S/c1-18-8-11-22(6-4-5-7-24(18)35-25-14-15-27(33-3)28-19(25)2)34-23-12-9-20(10-13-23)21-16-26(30)29-36(31,32)17-21/h4-5,7,9-10,12-15,21-22H,1,6,8,11,16-17H2,2-3H3,(H,29,30)/b5-4-,24-7?/t21?,22-/m0/s1. The van der Waals surface area contributed by atoms with E-state index < -0.39 is 15.9 Å². The summed E-state index contributed by atoms with van der Waals surface area (Å²) in [7, 11) is -2.00. The molecule has 2 aromatic rings. The summed E-state index contributed by atoms with van der Waals surface area (Å²) in [6, 6.07) is 10.9. The van der Waals surface area contributed by atoms with E-state index in [1.807, 2.05) is 60.2 Å². The number of amides is 1. The molecule has 0 spiro atoms. The third kappa shape index (κ3) is 6.54. The zero-order valence-corrected chi connectivity index (χ0v) is 21.2. The zero-order chi connectivity index (χ0) is 25.7. The van der Waals surface area contributed by atoms with Gasteiger partial charge in [-0.25, -0.2) is 13.4 Å². The minimum absolute atomic E-state index is 0.0678. The van der Waals surface area contributed by atoms with Gasteiger partial charge in [-0.05, 0) is 55.2 Å². The van der Waals surface area contributed by atoms with E-state index in [4.69, 9.17) is 14.2 Å². The molecule has 9 heteroatoms. The molecule has 2 atom stereocenters. The van der Waals surface area contributed by atoms with Gasteiger partial charge in [0.15, 0.2) is 0 Å². The summed E-state index contributed by atoms with van der Waals surface area (Å²) in [4.78, 5) is 16.1. The van der Waals surface area contributed by atoms with Crippen LogP contribution in [0.4, 0.5) is 0 Å². The molecule has 36 heavy (non-hydrogen) atoms. The van der Waals surface area contributed by atoms with E-state index in [2.05, 4.69) is 11.6 Å². The van der Waals surface area contributed by atoms with Crippen molar-refractivity contribution in [2.75, 3.05) is 12.9 Å². The molecule has 1 aromatic heterocycles. The minimum Gasteiger partial charge on any atom is -0.490 e. The Kier molecular flexibility index (Phi) is 7.79. The lowest BCUT2D eigenvalue weighted by molar-refractivity contribution is -0.119. The maximum Gasteiger partial charge on any atom is 0.235 e. The van der Waals surface area contributed by atoms with Crippen molar-refractivity contribution in [3.05, 3.63) is 83.8 Å². The number of pyridine rings is 1. The number of nitrogens with zero attached hydrogens (tertiary/aromatic N) is 1. The van der Waals surface area contributed by atoms with Crippen molar-refractivity contribution >= 4 is 15.9 Å². The lowest BCUT2D eigenvalue weighted by atomic mass is 9.97. The van der Waals surface area contributed by atoms with Crippen molar-refractivity contribution < 1.29 is 27.4 Å². The quantitative estimate of drug-likeness (QED) is 0.617. The molecule has 1 fully saturated rings. The molecule has 8 nitrogen and oxygen atoms in total. The molecular formula is C27H30N2O6S. The highest BCUT2D eigenvalue weighted by molar-refractivity contribution is 7.90. The maximum absolute atomic E-state index is 11.9. The van der Waals surface area contributed by atoms with Gasteiger partial charge < -0.3 is 14.2 Å². The van der Waals surface area contributed by atoms with Crippen LogP contribution in [-0.2, 0) is 14.8 Å². The first-order valence-corrected chi connectivity index (χ1v) is 13.4. The predicted octanol–water partition coefficient (Wildman–Crippen LogP) is 4.34. The Hall–Kier alpha value is -3.59. The maximum atomic E-state index is 11.9. The molecule has 4 rings (SSSR count). The van der Waals surface area contributed by atoms with E-state index in [1.54, 1.807) is 13.2 Å². The van der Waals surface area contributed by atoms with Crippen molar-refractivity contribution in [2.45, 2.75) is 44.6 Å². The second kappa shape index (κ2) is 11.0. The van der Waals surface area contributed by atoms with Crippen LogP contribution in [-0.4, -0.2) is 38.3 Å². The molecule has 0 bridgehead atoms. The molecule has 1 amide bonds. The van der Waals surface area contributed by atoms with Crippen molar-refractivity contribution in [1.29, 1.82) is 0 Å². The van der Waals surface area contributed by atoms with E-state index in [9.17, 15) is 13.2 Å². The number of methoxy groups -OCH3 is 1. The molecule has 1 N–H and O–H groups in total. The number of ether oxygens (including phenoxy) is 3. The summed E-state index contributed by atoms with van der Waals surface area (Å²) in [5, 5.41) is 0. The van der Waals surface area contributed by atoms with Gasteiger partial charge in [0.1, 0.15) is 23.4 Å². The molecule has 1 aromatic carbocycles. The second-order valence-corrected chi connectivity index (χ2v) is 10.7. The average molecular weight is 511 g/mol. The van der Waals surface area contributed by atoms with Gasteiger partial charge in [0.25, 0.3) is 0 Å². The first kappa shape index (κ1) is 25.5. The van der Waals surface area contributed by atoms with Gasteiger partial charge in [-0.3, -0.25) is 9.52 Å². The van der Waals surface area contributed by atoms with Gasteiger partial charge in [0, 0.05) is 24.8 Å². The Bertz CT molecular complexity index is 1300. The van der Waals surface area contributed by atoms with E-state index in [-0.39, 0.29) is 24.2 Å². The van der Waals surface area contributed by atoms with Crippen LogP contribution >= 0.6 is 0 Å². The molecular weight excluding hydrogens is 480 g/mol. The van der Waals surface area contributed by atoms with Crippen molar-refractivity contribution in [2.24, 2.45) is 0 Å². The molecule has 1 saturated heterocycles. The molecule has 2 aliphatic rings. The molecule has 0 radical (unpaired) electrons. The van der Waals surface area contributed by atoms with Gasteiger partial charge >= 0.3 is 0 Å². The minimum atomic E-state index is -3.58. The monoisotopic (exact) mass is 510 g/mol. The number of hydrogen-bond donors (Lipinski definition) is 1. The summed E-state index contributed by atoms with van der Waals surface area (Å²) in [5.41, 5.74) is 2.39. The van der Waals surface area contributed by atoms with Gasteiger partial charge in [0.05, 0.1) is 18.6 Å². The smallest absolute Gasteiger partial charge is 0.235 e. The van der Waals surface area contributed by atoms with E-state index >= 15 is 0 Å². The van der Waals surface area contributed by atoms with Crippen molar-refractivity contribution in [3.8, 4) is 17.4 Å². The fraction of sp³-hybridized carbons (Fsp3) is 0.333. The summed E-state index contributed by atoms with van der Waals surface area (Å²) in [5.74, 6) is 1.61. The summed E-state index contributed by atoms with van der Waals surface area (Å²) >= 11 is 0. The Labute approximate surface area is 211 Å². The number of aryl methyl sites for hydroxylation is 1. The van der Waals surface area contributed by atoms with Crippen molar-refractivity contribution in [3.63, 3.8) is 0 Å². The number of benzene rings is 1.